The predicted octanol–water partition coefficient (Wildman–Crippen LogP) is 3.44. The molecular formula is C18H16BrN5OS. The first kappa shape index (κ1) is 17.1. The summed E-state index contributed by atoms with van der Waals surface area (Å²) < 4.78 is 2.98. The van der Waals surface area contributed by atoms with Crippen molar-refractivity contribution in [2.75, 3.05) is 18.4 Å². The number of hydrogen-bond acceptors (Lipinski definition) is 6. The van der Waals surface area contributed by atoms with Gasteiger partial charge in [-0.05, 0) is 35.0 Å². The van der Waals surface area contributed by atoms with Crippen molar-refractivity contribution in [2.45, 2.75) is 6.92 Å². The summed E-state index contributed by atoms with van der Waals surface area (Å²) in [6.45, 7) is 3.14. The highest BCUT2D eigenvalue weighted by atomic mass is 79.9. The Morgan fingerprint density at radius 2 is 2.04 bits per heavy atom. The molecule has 3 heterocycles. The van der Waals surface area contributed by atoms with Gasteiger partial charge in [0, 0.05) is 19.3 Å². The van der Waals surface area contributed by atoms with Gasteiger partial charge in [-0.2, -0.15) is 0 Å². The number of nitrogens with two attached hydrogens (primary N) is 1. The van der Waals surface area contributed by atoms with Crippen LogP contribution in [0.1, 0.15) is 5.56 Å². The van der Waals surface area contributed by atoms with Crippen LogP contribution in [0.25, 0.3) is 26.1 Å². The van der Waals surface area contributed by atoms with Gasteiger partial charge in [0.1, 0.15) is 21.4 Å². The lowest BCUT2D eigenvalue weighted by Crippen LogP contribution is -2.17. The third-order valence-corrected chi connectivity index (χ3v) is 5.80. The normalized spacial score (nSPS) is 11.3. The van der Waals surface area contributed by atoms with Crippen LogP contribution in [0.3, 0.4) is 0 Å². The van der Waals surface area contributed by atoms with Gasteiger partial charge in [0.25, 0.3) is 5.56 Å². The molecule has 132 valence electrons. The van der Waals surface area contributed by atoms with E-state index in [1.54, 1.807) is 17.1 Å². The van der Waals surface area contributed by atoms with Crippen molar-refractivity contribution in [3.8, 4) is 5.69 Å². The van der Waals surface area contributed by atoms with Gasteiger partial charge in [0.2, 0.25) is 0 Å². The molecule has 3 N–H and O–H groups in total. The van der Waals surface area contributed by atoms with Crippen molar-refractivity contribution in [3.63, 3.8) is 0 Å². The Balaban J connectivity index is 1.98. The standard InChI is InChI=1S/C18H16BrN5OS/c1-10-2-4-11(5-3-10)24-9-23-15-13-14(21-7-6-20)12(19)8-22-17(13)26-16(15)18(24)25/h2-5,8-9H,6-7,20H2,1H3,(H,21,22). The second kappa shape index (κ2) is 6.79. The number of aromatic nitrogens is 3. The molecule has 26 heavy (non-hydrogen) atoms. The molecule has 0 aliphatic carbocycles. The number of nitrogens with one attached hydrogen (secondary N) is 1. The SMILES string of the molecule is Cc1ccc(-n2cnc3c(sc4ncc(Br)c(NCCN)c43)c2=O)cc1. The van der Waals surface area contributed by atoms with E-state index in [1.165, 1.54) is 11.3 Å². The number of thiophene rings is 1. The van der Waals surface area contributed by atoms with Crippen LogP contribution in [0.2, 0.25) is 0 Å². The van der Waals surface area contributed by atoms with Crippen LogP contribution >= 0.6 is 27.3 Å². The van der Waals surface area contributed by atoms with E-state index in [9.17, 15) is 4.79 Å². The highest BCUT2D eigenvalue weighted by Gasteiger charge is 2.18. The molecule has 0 amide bonds. The number of rotatable bonds is 4. The summed E-state index contributed by atoms with van der Waals surface area (Å²) in [5.74, 6) is 0. The zero-order valence-electron chi connectivity index (χ0n) is 14.0. The fourth-order valence-electron chi connectivity index (χ4n) is 2.83. The number of nitrogens with zero attached hydrogens (tertiary/aromatic N) is 3. The number of fused-ring (bicyclic) bond motifs is 3. The molecule has 0 aliphatic heterocycles. The van der Waals surface area contributed by atoms with Gasteiger partial charge >= 0.3 is 0 Å². The minimum Gasteiger partial charge on any atom is -0.382 e. The molecule has 8 heteroatoms. The molecule has 3 aromatic heterocycles. The average molecular weight is 430 g/mol. The minimum absolute atomic E-state index is 0.0947. The summed E-state index contributed by atoms with van der Waals surface area (Å²) >= 11 is 4.88. The molecule has 0 saturated heterocycles. The molecule has 4 aromatic rings. The first-order valence-corrected chi connectivity index (χ1v) is 9.70. The quantitative estimate of drug-likeness (QED) is 0.518. The number of pyridine rings is 1. The summed E-state index contributed by atoms with van der Waals surface area (Å²) in [4.78, 5) is 22.9. The maximum Gasteiger partial charge on any atom is 0.275 e. The van der Waals surface area contributed by atoms with E-state index in [4.69, 9.17) is 5.73 Å². The molecule has 6 nitrogen and oxygen atoms in total. The minimum atomic E-state index is -0.0947. The number of anilines is 1. The lowest BCUT2D eigenvalue weighted by Gasteiger charge is -2.09. The molecule has 0 bridgehead atoms. The smallest absolute Gasteiger partial charge is 0.275 e. The van der Waals surface area contributed by atoms with E-state index in [2.05, 4.69) is 31.2 Å². The summed E-state index contributed by atoms with van der Waals surface area (Å²) in [6, 6.07) is 7.79. The second-order valence-corrected chi connectivity index (χ2v) is 7.77. The van der Waals surface area contributed by atoms with Crippen molar-refractivity contribution in [3.05, 3.63) is 57.2 Å². The van der Waals surface area contributed by atoms with Gasteiger partial charge in [0.15, 0.2) is 0 Å². The van der Waals surface area contributed by atoms with Crippen molar-refractivity contribution in [1.82, 2.24) is 14.5 Å². The Hall–Kier alpha value is -2.29. The zero-order chi connectivity index (χ0) is 18.3. The second-order valence-electron chi connectivity index (χ2n) is 5.91. The first-order chi connectivity index (χ1) is 12.6. The molecule has 0 unspecified atom stereocenters. The maximum atomic E-state index is 13.0. The van der Waals surface area contributed by atoms with Crippen molar-refractivity contribution in [1.29, 1.82) is 0 Å². The highest BCUT2D eigenvalue weighted by molar-refractivity contribution is 9.10. The molecular weight excluding hydrogens is 414 g/mol. The van der Waals surface area contributed by atoms with Crippen LogP contribution in [0, 0.1) is 6.92 Å². The third-order valence-electron chi connectivity index (χ3n) is 4.12. The highest BCUT2D eigenvalue weighted by Crippen LogP contribution is 2.38. The lowest BCUT2D eigenvalue weighted by molar-refractivity contribution is 0.966. The van der Waals surface area contributed by atoms with Gasteiger partial charge in [-0.15, -0.1) is 11.3 Å². The largest absolute Gasteiger partial charge is 0.382 e. The van der Waals surface area contributed by atoms with Gasteiger partial charge < -0.3 is 11.1 Å². The summed E-state index contributed by atoms with van der Waals surface area (Å²) in [5.41, 5.74) is 8.98. The van der Waals surface area contributed by atoms with E-state index in [1.807, 2.05) is 31.2 Å². The van der Waals surface area contributed by atoms with E-state index < -0.39 is 0 Å². The monoisotopic (exact) mass is 429 g/mol. The molecule has 1 aromatic carbocycles. The van der Waals surface area contributed by atoms with E-state index in [0.29, 0.717) is 23.3 Å². The Morgan fingerprint density at radius 3 is 2.77 bits per heavy atom. The van der Waals surface area contributed by atoms with E-state index in [-0.39, 0.29) is 5.56 Å². The van der Waals surface area contributed by atoms with Crippen molar-refractivity contribution < 1.29 is 0 Å². The molecule has 0 aliphatic rings. The number of halogens is 1. The maximum absolute atomic E-state index is 13.0. The summed E-state index contributed by atoms with van der Waals surface area (Å²) in [6.07, 6.45) is 3.31. The summed E-state index contributed by atoms with van der Waals surface area (Å²) in [7, 11) is 0. The van der Waals surface area contributed by atoms with E-state index in [0.717, 1.165) is 31.6 Å². The van der Waals surface area contributed by atoms with Crippen LogP contribution in [0.15, 0.2) is 46.1 Å². The molecule has 0 saturated carbocycles. The molecule has 0 fully saturated rings. The van der Waals surface area contributed by atoms with Crippen LogP contribution in [0.4, 0.5) is 5.69 Å². The van der Waals surface area contributed by atoms with Crippen molar-refractivity contribution in [2.24, 2.45) is 5.73 Å². The molecule has 0 radical (unpaired) electrons. The van der Waals surface area contributed by atoms with Crippen LogP contribution < -0.4 is 16.6 Å². The lowest BCUT2D eigenvalue weighted by atomic mass is 10.2. The van der Waals surface area contributed by atoms with Crippen LogP contribution in [-0.4, -0.2) is 27.6 Å². The predicted molar refractivity (Wildman–Crippen MR) is 110 cm³/mol. The average Bonchev–Trinajstić information content (AvgIpc) is 3.02. The number of benzene rings is 1. The van der Waals surface area contributed by atoms with Crippen LogP contribution in [-0.2, 0) is 0 Å². The van der Waals surface area contributed by atoms with Crippen LogP contribution in [0.5, 0.6) is 0 Å². The summed E-state index contributed by atoms with van der Waals surface area (Å²) in [5, 5.41) is 4.15. The van der Waals surface area contributed by atoms with Gasteiger partial charge in [-0.3, -0.25) is 9.36 Å². The molecule has 0 atom stereocenters. The fraction of sp³-hybridized carbons (Fsp3) is 0.167. The molecule has 4 rings (SSSR count). The number of aryl methyl sites for hydroxylation is 1. The Morgan fingerprint density at radius 1 is 1.27 bits per heavy atom. The van der Waals surface area contributed by atoms with Gasteiger partial charge in [0.05, 0.1) is 21.2 Å². The Bertz CT molecular complexity index is 1170. The Labute approximate surface area is 161 Å². The zero-order valence-corrected chi connectivity index (χ0v) is 16.4. The first-order valence-electron chi connectivity index (χ1n) is 8.09. The Kier molecular flexibility index (Phi) is 4.47. The van der Waals surface area contributed by atoms with E-state index >= 15 is 0 Å². The van der Waals surface area contributed by atoms with Crippen molar-refractivity contribution >= 4 is 53.4 Å². The number of hydrogen-bond donors (Lipinski definition) is 2. The third kappa shape index (κ3) is 2.80. The fourth-order valence-corrected chi connectivity index (χ4v) is 4.31. The van der Waals surface area contributed by atoms with Gasteiger partial charge in [-0.1, -0.05) is 17.7 Å². The van der Waals surface area contributed by atoms with Gasteiger partial charge in [-0.25, -0.2) is 9.97 Å². The molecule has 0 spiro atoms. The topological polar surface area (TPSA) is 85.8 Å².